The van der Waals surface area contributed by atoms with Crippen LogP contribution in [0.3, 0.4) is 0 Å². The monoisotopic (exact) mass is 249 g/mol. The molecule has 1 aliphatic heterocycles. The van der Waals surface area contributed by atoms with Crippen molar-refractivity contribution in [1.82, 2.24) is 5.32 Å². The Labute approximate surface area is 107 Å². The zero-order chi connectivity index (χ0) is 12.8. The van der Waals surface area contributed by atoms with Gasteiger partial charge in [-0.15, -0.1) is 0 Å². The van der Waals surface area contributed by atoms with E-state index in [1.807, 2.05) is 18.2 Å². The number of hydrogen-bond acceptors (Lipinski definition) is 4. The number of nitrogens with one attached hydrogen (secondary N) is 1. The maximum atomic E-state index is 11.6. The van der Waals surface area contributed by atoms with Gasteiger partial charge in [0.25, 0.3) is 0 Å². The largest absolute Gasteiger partial charge is 0.465 e. The van der Waals surface area contributed by atoms with Gasteiger partial charge in [-0.05, 0) is 18.4 Å². The number of aliphatic hydroxyl groups excluding tert-OH is 1. The van der Waals surface area contributed by atoms with Gasteiger partial charge in [0, 0.05) is 13.0 Å². The normalized spacial score (nSPS) is 22.9. The van der Waals surface area contributed by atoms with Gasteiger partial charge < -0.3 is 15.2 Å². The molecule has 18 heavy (non-hydrogen) atoms. The molecule has 1 aromatic carbocycles. The van der Waals surface area contributed by atoms with E-state index < -0.39 is 6.10 Å². The topological polar surface area (TPSA) is 58.6 Å². The van der Waals surface area contributed by atoms with Crippen molar-refractivity contribution in [3.63, 3.8) is 0 Å². The van der Waals surface area contributed by atoms with Crippen molar-refractivity contribution in [3.05, 3.63) is 35.9 Å². The van der Waals surface area contributed by atoms with Crippen LogP contribution in [0.1, 0.15) is 18.4 Å². The van der Waals surface area contributed by atoms with Crippen molar-refractivity contribution in [2.24, 2.45) is 0 Å². The number of ether oxygens (including phenoxy) is 1. The Hall–Kier alpha value is -1.39. The number of hydrogen-bond donors (Lipinski definition) is 2. The number of aryl methyl sites for hydroxylation is 1. The van der Waals surface area contributed by atoms with E-state index in [4.69, 9.17) is 4.74 Å². The highest BCUT2D eigenvalue weighted by Crippen LogP contribution is 2.08. The minimum atomic E-state index is -0.424. The van der Waals surface area contributed by atoms with Crippen LogP contribution < -0.4 is 5.32 Å². The van der Waals surface area contributed by atoms with E-state index in [1.54, 1.807) is 0 Å². The summed E-state index contributed by atoms with van der Waals surface area (Å²) in [6.07, 6.45) is 1.77. The standard InChI is InChI=1S/C14H19NO3/c16-12-9-13(15-10-12)14(17)18-8-4-7-11-5-2-1-3-6-11/h1-3,5-6,12-13,15-16H,4,7-10H2/t12-,13-/m1/s1. The summed E-state index contributed by atoms with van der Waals surface area (Å²) in [5.74, 6) is -0.250. The van der Waals surface area contributed by atoms with Crippen molar-refractivity contribution < 1.29 is 14.6 Å². The summed E-state index contributed by atoms with van der Waals surface area (Å²) < 4.78 is 5.18. The van der Waals surface area contributed by atoms with Crippen LogP contribution in [-0.4, -0.2) is 36.4 Å². The molecule has 0 amide bonds. The van der Waals surface area contributed by atoms with E-state index in [1.165, 1.54) is 5.56 Å². The fourth-order valence-corrected chi connectivity index (χ4v) is 2.09. The SMILES string of the molecule is O=C(OCCCc1ccccc1)[C@H]1C[C@@H](O)CN1. The number of carbonyl (C=O) groups is 1. The average Bonchev–Trinajstić information content (AvgIpc) is 2.82. The first-order valence-electron chi connectivity index (χ1n) is 6.38. The number of β-amino-alcohol motifs (C(OH)–C–C–N with tert-alkyl or cyclic N) is 1. The molecule has 1 aliphatic rings. The lowest BCUT2D eigenvalue weighted by atomic mass is 10.1. The van der Waals surface area contributed by atoms with E-state index in [2.05, 4.69) is 17.4 Å². The molecular weight excluding hydrogens is 230 g/mol. The number of aliphatic hydroxyl groups is 1. The molecule has 0 spiro atoms. The summed E-state index contributed by atoms with van der Waals surface area (Å²) in [6, 6.07) is 9.79. The Morgan fingerprint density at radius 2 is 2.17 bits per heavy atom. The maximum absolute atomic E-state index is 11.6. The van der Waals surface area contributed by atoms with Crippen molar-refractivity contribution in [3.8, 4) is 0 Å². The molecular formula is C14H19NO3. The molecule has 4 heteroatoms. The summed E-state index contributed by atoms with van der Waals surface area (Å²) in [5.41, 5.74) is 1.25. The molecule has 2 atom stereocenters. The van der Waals surface area contributed by atoms with Gasteiger partial charge in [-0.1, -0.05) is 30.3 Å². The van der Waals surface area contributed by atoms with Gasteiger partial charge in [-0.2, -0.15) is 0 Å². The molecule has 0 aliphatic carbocycles. The highest BCUT2D eigenvalue weighted by atomic mass is 16.5. The van der Waals surface area contributed by atoms with Gasteiger partial charge in [0.2, 0.25) is 0 Å². The average molecular weight is 249 g/mol. The predicted molar refractivity (Wildman–Crippen MR) is 68.1 cm³/mol. The van der Waals surface area contributed by atoms with Gasteiger partial charge in [0.05, 0.1) is 12.7 Å². The Bertz CT molecular complexity index is 380. The third-order valence-corrected chi connectivity index (χ3v) is 3.09. The predicted octanol–water partition coefficient (Wildman–Crippen LogP) is 0.885. The second kappa shape index (κ2) is 6.52. The molecule has 0 aromatic heterocycles. The third kappa shape index (κ3) is 3.82. The van der Waals surface area contributed by atoms with Crippen LogP contribution >= 0.6 is 0 Å². The van der Waals surface area contributed by atoms with Gasteiger partial charge in [-0.25, -0.2) is 0 Å². The molecule has 1 aromatic rings. The zero-order valence-corrected chi connectivity index (χ0v) is 10.3. The van der Waals surface area contributed by atoms with Gasteiger partial charge in [0.1, 0.15) is 6.04 Å². The smallest absolute Gasteiger partial charge is 0.323 e. The first kappa shape index (κ1) is 13.1. The Morgan fingerprint density at radius 3 is 2.83 bits per heavy atom. The van der Waals surface area contributed by atoms with Crippen molar-refractivity contribution in [2.45, 2.75) is 31.4 Å². The molecule has 2 rings (SSSR count). The molecule has 1 fully saturated rings. The summed E-state index contributed by atoms with van der Waals surface area (Å²) in [7, 11) is 0. The number of carbonyl (C=O) groups excluding carboxylic acids is 1. The molecule has 0 radical (unpaired) electrons. The first-order valence-corrected chi connectivity index (χ1v) is 6.38. The number of rotatable bonds is 5. The van der Waals surface area contributed by atoms with E-state index in [-0.39, 0.29) is 12.0 Å². The van der Waals surface area contributed by atoms with Crippen LogP contribution in [0.15, 0.2) is 30.3 Å². The molecule has 0 saturated carbocycles. The van der Waals surface area contributed by atoms with E-state index >= 15 is 0 Å². The van der Waals surface area contributed by atoms with Crippen LogP contribution in [0.2, 0.25) is 0 Å². The van der Waals surface area contributed by atoms with E-state index in [0.717, 1.165) is 12.8 Å². The summed E-state index contributed by atoms with van der Waals surface area (Å²) in [6.45, 7) is 0.909. The zero-order valence-electron chi connectivity index (χ0n) is 10.3. The number of esters is 1. The minimum Gasteiger partial charge on any atom is -0.465 e. The summed E-state index contributed by atoms with van der Waals surface area (Å²) in [5, 5.41) is 12.2. The lowest BCUT2D eigenvalue weighted by Gasteiger charge is -2.10. The van der Waals surface area contributed by atoms with Crippen molar-refractivity contribution >= 4 is 5.97 Å². The Balaban J connectivity index is 1.62. The molecule has 1 heterocycles. The molecule has 2 N–H and O–H groups in total. The molecule has 98 valence electrons. The lowest BCUT2D eigenvalue weighted by Crippen LogP contribution is -2.32. The van der Waals surface area contributed by atoms with Gasteiger partial charge >= 0.3 is 5.97 Å². The second-order valence-electron chi connectivity index (χ2n) is 4.61. The fourth-order valence-electron chi connectivity index (χ4n) is 2.09. The highest BCUT2D eigenvalue weighted by Gasteiger charge is 2.28. The van der Waals surface area contributed by atoms with Crippen molar-refractivity contribution in [1.29, 1.82) is 0 Å². The Morgan fingerprint density at radius 1 is 1.39 bits per heavy atom. The highest BCUT2D eigenvalue weighted by molar-refractivity contribution is 5.76. The molecule has 4 nitrogen and oxygen atoms in total. The van der Waals surface area contributed by atoms with Crippen LogP contribution in [0.5, 0.6) is 0 Å². The molecule has 1 saturated heterocycles. The van der Waals surface area contributed by atoms with Crippen LogP contribution in [0.4, 0.5) is 0 Å². The van der Waals surface area contributed by atoms with Crippen LogP contribution in [0.25, 0.3) is 0 Å². The van der Waals surface area contributed by atoms with Crippen molar-refractivity contribution in [2.75, 3.05) is 13.2 Å². The minimum absolute atomic E-state index is 0.250. The molecule has 0 unspecified atom stereocenters. The first-order chi connectivity index (χ1) is 8.75. The summed E-state index contributed by atoms with van der Waals surface area (Å²) >= 11 is 0. The maximum Gasteiger partial charge on any atom is 0.323 e. The second-order valence-corrected chi connectivity index (χ2v) is 4.61. The lowest BCUT2D eigenvalue weighted by molar-refractivity contribution is -0.146. The number of benzene rings is 1. The van der Waals surface area contributed by atoms with Gasteiger partial charge in [-0.3, -0.25) is 4.79 Å². The van der Waals surface area contributed by atoms with E-state index in [9.17, 15) is 9.90 Å². The quantitative estimate of drug-likeness (QED) is 0.601. The van der Waals surface area contributed by atoms with Gasteiger partial charge in [0.15, 0.2) is 0 Å². The van der Waals surface area contributed by atoms with Crippen LogP contribution in [0, 0.1) is 0 Å². The van der Waals surface area contributed by atoms with Crippen LogP contribution in [-0.2, 0) is 16.0 Å². The molecule has 0 bridgehead atoms. The van der Waals surface area contributed by atoms with E-state index in [0.29, 0.717) is 19.6 Å². The Kier molecular flexibility index (Phi) is 4.73. The fraction of sp³-hybridized carbons (Fsp3) is 0.500. The third-order valence-electron chi connectivity index (χ3n) is 3.09. The summed E-state index contributed by atoms with van der Waals surface area (Å²) in [4.78, 5) is 11.6.